The van der Waals surface area contributed by atoms with Crippen LogP contribution in [-0.2, 0) is 6.42 Å². The van der Waals surface area contributed by atoms with Crippen LogP contribution in [0, 0.1) is 6.92 Å². The molecule has 0 fully saturated rings. The first-order valence-corrected chi connectivity index (χ1v) is 6.58. The van der Waals surface area contributed by atoms with Crippen molar-refractivity contribution in [2.24, 2.45) is 0 Å². The Morgan fingerprint density at radius 3 is 2.88 bits per heavy atom. The number of likely N-dealkylation sites (N-methyl/N-ethyl adjacent to an activating group) is 1. The van der Waals surface area contributed by atoms with Crippen molar-refractivity contribution in [3.63, 3.8) is 0 Å². The molecule has 0 aromatic carbocycles. The van der Waals surface area contributed by atoms with Gasteiger partial charge in [-0.15, -0.1) is 11.3 Å². The second kappa shape index (κ2) is 5.27. The van der Waals surface area contributed by atoms with Crippen LogP contribution in [0.15, 0.2) is 29.9 Å². The van der Waals surface area contributed by atoms with Crippen LogP contribution in [0.4, 0.5) is 5.82 Å². The minimum absolute atomic E-state index is 0.433. The molecular weight excluding hydrogens is 230 g/mol. The Morgan fingerprint density at radius 2 is 2.24 bits per heavy atom. The maximum atomic E-state index is 4.31. The van der Waals surface area contributed by atoms with Crippen molar-refractivity contribution in [2.75, 3.05) is 11.9 Å². The summed E-state index contributed by atoms with van der Waals surface area (Å²) in [6.07, 6.45) is 2.68. The van der Waals surface area contributed by atoms with E-state index in [-0.39, 0.29) is 0 Å². The molecule has 4 heteroatoms. The normalized spacial score (nSPS) is 12.4. The van der Waals surface area contributed by atoms with Crippen molar-refractivity contribution in [2.45, 2.75) is 26.3 Å². The molecule has 0 aliphatic heterocycles. The van der Waals surface area contributed by atoms with Crippen LogP contribution in [0.1, 0.15) is 17.5 Å². The number of anilines is 1. The molecular formula is C13H17N3S. The summed E-state index contributed by atoms with van der Waals surface area (Å²) < 4.78 is 0. The van der Waals surface area contributed by atoms with Crippen LogP contribution < -0.4 is 4.90 Å². The summed E-state index contributed by atoms with van der Waals surface area (Å²) in [6.45, 7) is 4.21. The zero-order valence-corrected chi connectivity index (χ0v) is 11.2. The second-order valence-electron chi connectivity index (χ2n) is 4.26. The molecule has 0 aliphatic carbocycles. The number of aromatic nitrogens is 2. The minimum Gasteiger partial charge on any atom is -0.357 e. The van der Waals surface area contributed by atoms with E-state index in [0.717, 1.165) is 17.9 Å². The summed E-state index contributed by atoms with van der Waals surface area (Å²) in [6, 6.07) is 6.73. The Labute approximate surface area is 106 Å². The van der Waals surface area contributed by atoms with Gasteiger partial charge >= 0.3 is 0 Å². The Kier molecular flexibility index (Phi) is 3.74. The largest absolute Gasteiger partial charge is 0.357 e. The number of hydrogen-bond acceptors (Lipinski definition) is 4. The SMILES string of the molecule is Cc1cc(N(C)C(C)Cc2cccs2)ncn1. The van der Waals surface area contributed by atoms with E-state index in [9.17, 15) is 0 Å². The van der Waals surface area contributed by atoms with Crippen LogP contribution in [0.3, 0.4) is 0 Å². The lowest BCUT2D eigenvalue weighted by Gasteiger charge is -2.25. The standard InChI is InChI=1S/C13H17N3S/c1-10-7-13(15-9-14-10)16(3)11(2)8-12-5-4-6-17-12/h4-7,9,11H,8H2,1-3H3. The molecule has 1 atom stereocenters. The van der Waals surface area contributed by atoms with Gasteiger partial charge in [-0.25, -0.2) is 9.97 Å². The summed E-state index contributed by atoms with van der Waals surface area (Å²) >= 11 is 1.81. The van der Waals surface area contributed by atoms with E-state index in [2.05, 4.69) is 46.4 Å². The van der Waals surface area contributed by atoms with E-state index in [0.29, 0.717) is 6.04 Å². The quantitative estimate of drug-likeness (QED) is 0.832. The third-order valence-electron chi connectivity index (χ3n) is 2.89. The zero-order chi connectivity index (χ0) is 12.3. The van der Waals surface area contributed by atoms with Crippen LogP contribution >= 0.6 is 11.3 Å². The topological polar surface area (TPSA) is 29.0 Å². The van der Waals surface area contributed by atoms with Crippen molar-refractivity contribution >= 4 is 17.2 Å². The highest BCUT2D eigenvalue weighted by Crippen LogP contribution is 2.17. The summed E-state index contributed by atoms with van der Waals surface area (Å²) in [5, 5.41) is 2.12. The molecule has 0 spiro atoms. The monoisotopic (exact) mass is 247 g/mol. The van der Waals surface area contributed by atoms with Crippen molar-refractivity contribution in [1.29, 1.82) is 0 Å². The number of aryl methyl sites for hydroxylation is 1. The lowest BCUT2D eigenvalue weighted by molar-refractivity contribution is 0.678. The average molecular weight is 247 g/mol. The average Bonchev–Trinajstić information content (AvgIpc) is 2.80. The van der Waals surface area contributed by atoms with Crippen LogP contribution in [-0.4, -0.2) is 23.1 Å². The van der Waals surface area contributed by atoms with Crippen LogP contribution in [0.5, 0.6) is 0 Å². The first kappa shape index (κ1) is 12.0. The highest BCUT2D eigenvalue weighted by molar-refractivity contribution is 7.09. The predicted octanol–water partition coefficient (Wildman–Crippen LogP) is 2.91. The van der Waals surface area contributed by atoms with E-state index in [4.69, 9.17) is 0 Å². The minimum atomic E-state index is 0.433. The Balaban J connectivity index is 2.06. The number of thiophene rings is 1. The molecule has 2 rings (SSSR count). The fraction of sp³-hybridized carbons (Fsp3) is 0.385. The van der Waals surface area contributed by atoms with Crippen LogP contribution in [0.2, 0.25) is 0 Å². The Morgan fingerprint density at radius 1 is 1.41 bits per heavy atom. The number of rotatable bonds is 4. The first-order chi connectivity index (χ1) is 8.16. The molecule has 0 amide bonds. The van der Waals surface area contributed by atoms with Crippen molar-refractivity contribution < 1.29 is 0 Å². The molecule has 2 aromatic rings. The summed E-state index contributed by atoms with van der Waals surface area (Å²) in [7, 11) is 2.08. The van der Waals surface area contributed by atoms with Gasteiger partial charge in [0.15, 0.2) is 0 Å². The molecule has 0 saturated heterocycles. The maximum absolute atomic E-state index is 4.31. The molecule has 2 heterocycles. The third kappa shape index (κ3) is 3.03. The van der Waals surface area contributed by atoms with E-state index in [1.54, 1.807) is 6.33 Å². The molecule has 3 nitrogen and oxygen atoms in total. The van der Waals surface area contributed by atoms with Gasteiger partial charge in [0.25, 0.3) is 0 Å². The van der Waals surface area contributed by atoms with Gasteiger partial charge in [0.05, 0.1) is 0 Å². The molecule has 1 unspecified atom stereocenters. The van der Waals surface area contributed by atoms with E-state index < -0.39 is 0 Å². The first-order valence-electron chi connectivity index (χ1n) is 5.70. The van der Waals surface area contributed by atoms with Crippen LogP contribution in [0.25, 0.3) is 0 Å². The molecule has 2 aromatic heterocycles. The lowest BCUT2D eigenvalue weighted by atomic mass is 10.2. The molecule has 0 saturated carbocycles. The van der Waals surface area contributed by atoms with Gasteiger partial charge in [0.2, 0.25) is 0 Å². The fourth-order valence-corrected chi connectivity index (χ4v) is 2.54. The van der Waals surface area contributed by atoms with Crippen molar-refractivity contribution in [3.8, 4) is 0 Å². The van der Waals surface area contributed by atoms with E-state index in [1.807, 2.05) is 24.3 Å². The molecule has 0 radical (unpaired) electrons. The van der Waals surface area contributed by atoms with Gasteiger partial charge in [-0.3, -0.25) is 0 Å². The number of nitrogens with zero attached hydrogens (tertiary/aromatic N) is 3. The van der Waals surface area contributed by atoms with Gasteiger partial charge in [-0.1, -0.05) is 6.07 Å². The lowest BCUT2D eigenvalue weighted by Crippen LogP contribution is -2.31. The van der Waals surface area contributed by atoms with Gasteiger partial charge in [-0.2, -0.15) is 0 Å². The molecule has 0 aliphatic rings. The highest BCUT2D eigenvalue weighted by atomic mass is 32.1. The summed E-state index contributed by atoms with van der Waals surface area (Å²) in [4.78, 5) is 12.0. The second-order valence-corrected chi connectivity index (χ2v) is 5.29. The van der Waals surface area contributed by atoms with E-state index >= 15 is 0 Å². The Bertz CT molecular complexity index is 467. The van der Waals surface area contributed by atoms with Gasteiger partial charge in [0.1, 0.15) is 12.1 Å². The molecule has 17 heavy (non-hydrogen) atoms. The fourth-order valence-electron chi connectivity index (χ4n) is 1.72. The zero-order valence-electron chi connectivity index (χ0n) is 10.4. The van der Waals surface area contributed by atoms with Gasteiger partial charge in [-0.05, 0) is 25.3 Å². The highest BCUT2D eigenvalue weighted by Gasteiger charge is 2.12. The van der Waals surface area contributed by atoms with Gasteiger partial charge < -0.3 is 4.90 Å². The van der Waals surface area contributed by atoms with E-state index in [1.165, 1.54) is 4.88 Å². The third-order valence-corrected chi connectivity index (χ3v) is 3.79. The molecule has 0 bridgehead atoms. The predicted molar refractivity (Wildman–Crippen MR) is 72.7 cm³/mol. The van der Waals surface area contributed by atoms with Crippen molar-refractivity contribution in [1.82, 2.24) is 9.97 Å². The maximum Gasteiger partial charge on any atom is 0.132 e. The molecule has 90 valence electrons. The van der Waals surface area contributed by atoms with Gasteiger partial charge in [0, 0.05) is 36.1 Å². The number of hydrogen-bond donors (Lipinski definition) is 0. The Hall–Kier alpha value is -1.42. The van der Waals surface area contributed by atoms with Crippen molar-refractivity contribution in [3.05, 3.63) is 40.5 Å². The smallest absolute Gasteiger partial charge is 0.132 e. The molecule has 0 N–H and O–H groups in total. The summed E-state index contributed by atoms with van der Waals surface area (Å²) in [5.74, 6) is 0.988. The summed E-state index contributed by atoms with van der Waals surface area (Å²) in [5.41, 5.74) is 1.00.